The summed E-state index contributed by atoms with van der Waals surface area (Å²) in [6, 6.07) is 2.50. The molecule has 0 spiro atoms. The third kappa shape index (κ3) is 1.23. The molecule has 0 radical (unpaired) electrons. The summed E-state index contributed by atoms with van der Waals surface area (Å²) in [6.45, 7) is -2.20. The van der Waals surface area contributed by atoms with Crippen molar-refractivity contribution in [2.75, 3.05) is 0 Å². The lowest BCUT2D eigenvalue weighted by molar-refractivity contribution is 0.600. The molecule has 0 bridgehead atoms. The quantitative estimate of drug-likeness (QED) is 0.604. The van der Waals surface area contributed by atoms with Gasteiger partial charge in [0, 0.05) is 15.4 Å². The van der Waals surface area contributed by atoms with Gasteiger partial charge in [0.1, 0.15) is 5.82 Å². The molecule has 9 heavy (non-hydrogen) atoms. The Morgan fingerprint density at radius 3 is 3.11 bits per heavy atom. The van der Waals surface area contributed by atoms with Gasteiger partial charge in [-0.1, -0.05) is 0 Å². The Bertz CT molecular complexity index is 259. The van der Waals surface area contributed by atoms with Gasteiger partial charge in [-0.15, -0.1) is 0 Å². The van der Waals surface area contributed by atoms with E-state index in [0.29, 0.717) is 0 Å². The van der Waals surface area contributed by atoms with E-state index in [1.54, 1.807) is 0 Å². The van der Waals surface area contributed by atoms with Crippen LogP contribution in [-0.4, -0.2) is 4.98 Å². The van der Waals surface area contributed by atoms with Crippen LogP contribution in [0, 0.1) is 5.82 Å². The first-order valence-corrected chi connectivity index (χ1v) is 2.41. The van der Waals surface area contributed by atoms with Crippen LogP contribution >= 0.6 is 0 Å². The van der Waals surface area contributed by atoms with Gasteiger partial charge in [-0.2, -0.15) is 0 Å². The van der Waals surface area contributed by atoms with Crippen LogP contribution in [0.1, 0.15) is 8.44 Å². The van der Waals surface area contributed by atoms with Crippen LogP contribution in [0.15, 0.2) is 18.3 Å². The molecule has 0 aromatic carbocycles. The SMILES string of the molecule is [2H]C([2H])(N)c1ncccc1F. The second-order valence-electron chi connectivity index (χ2n) is 1.48. The van der Waals surface area contributed by atoms with Crippen molar-refractivity contribution < 1.29 is 7.13 Å². The van der Waals surface area contributed by atoms with Gasteiger partial charge in [-0.25, -0.2) is 4.39 Å². The number of aromatic nitrogens is 1. The molecule has 1 aromatic rings. The van der Waals surface area contributed by atoms with E-state index in [-0.39, 0.29) is 5.69 Å². The molecule has 1 aromatic heterocycles. The van der Waals surface area contributed by atoms with E-state index in [1.165, 1.54) is 12.3 Å². The van der Waals surface area contributed by atoms with Gasteiger partial charge in [0.25, 0.3) is 0 Å². The molecule has 48 valence electrons. The topological polar surface area (TPSA) is 38.9 Å². The van der Waals surface area contributed by atoms with E-state index in [9.17, 15) is 4.39 Å². The fourth-order valence-electron chi connectivity index (χ4n) is 0.492. The molecule has 1 rings (SSSR count). The monoisotopic (exact) mass is 128 g/mol. The van der Waals surface area contributed by atoms with Crippen LogP contribution in [0.2, 0.25) is 0 Å². The molecule has 0 aliphatic heterocycles. The number of hydrogen-bond donors (Lipinski definition) is 1. The second-order valence-corrected chi connectivity index (χ2v) is 1.48. The zero-order chi connectivity index (χ0) is 8.48. The highest BCUT2D eigenvalue weighted by molar-refractivity contribution is 5.05. The number of halogens is 1. The molecule has 2 N–H and O–H groups in total. The van der Waals surface area contributed by atoms with E-state index in [1.807, 2.05) is 0 Å². The molecule has 0 unspecified atom stereocenters. The number of nitrogens with zero attached hydrogens (tertiary/aromatic N) is 1. The fourth-order valence-corrected chi connectivity index (χ4v) is 0.492. The average Bonchev–Trinajstić information content (AvgIpc) is 1.86. The van der Waals surface area contributed by atoms with Crippen molar-refractivity contribution in [1.29, 1.82) is 0 Å². The zero-order valence-corrected chi connectivity index (χ0v) is 4.63. The molecular weight excluding hydrogens is 119 g/mol. The minimum atomic E-state index is -2.20. The highest BCUT2D eigenvalue weighted by atomic mass is 19.1. The molecular formula is C6H7FN2. The standard InChI is InChI=1S/C6H7FN2/c7-5-2-1-3-9-6(5)4-8/h1-3H,4,8H2/i4D2. The number of pyridine rings is 1. The smallest absolute Gasteiger partial charge is 0.146 e. The molecule has 0 aliphatic carbocycles. The lowest BCUT2D eigenvalue weighted by atomic mass is 10.3. The van der Waals surface area contributed by atoms with E-state index in [2.05, 4.69) is 4.98 Å². The minimum absolute atomic E-state index is 0.361. The van der Waals surface area contributed by atoms with Crippen molar-refractivity contribution in [3.05, 3.63) is 29.8 Å². The van der Waals surface area contributed by atoms with Gasteiger partial charge in [-0.05, 0) is 12.1 Å². The average molecular weight is 128 g/mol. The molecule has 2 nitrogen and oxygen atoms in total. The van der Waals surface area contributed by atoms with Crippen molar-refractivity contribution in [2.24, 2.45) is 5.73 Å². The summed E-state index contributed by atoms with van der Waals surface area (Å²) in [5.41, 5.74) is 4.63. The van der Waals surface area contributed by atoms with Crippen molar-refractivity contribution in [2.45, 2.75) is 6.50 Å². The lowest BCUT2D eigenvalue weighted by Gasteiger charge is -1.93. The molecule has 0 amide bonds. The van der Waals surface area contributed by atoms with Crippen LogP contribution in [0.25, 0.3) is 0 Å². The Kier molecular flexibility index (Phi) is 1.12. The van der Waals surface area contributed by atoms with Crippen LogP contribution in [0.4, 0.5) is 4.39 Å². The Balaban J connectivity index is 3.14. The van der Waals surface area contributed by atoms with E-state index in [0.717, 1.165) is 6.07 Å². The van der Waals surface area contributed by atoms with Gasteiger partial charge >= 0.3 is 0 Å². The van der Waals surface area contributed by atoms with Gasteiger partial charge in [-0.3, -0.25) is 4.98 Å². The first kappa shape index (κ1) is 3.95. The van der Waals surface area contributed by atoms with Crippen molar-refractivity contribution in [3.63, 3.8) is 0 Å². The van der Waals surface area contributed by atoms with E-state index in [4.69, 9.17) is 8.48 Å². The highest BCUT2D eigenvalue weighted by Crippen LogP contribution is 1.99. The molecule has 1 heterocycles. The maximum atomic E-state index is 12.7. The maximum Gasteiger partial charge on any atom is 0.146 e. The highest BCUT2D eigenvalue weighted by Gasteiger charge is 1.96. The van der Waals surface area contributed by atoms with E-state index < -0.39 is 12.3 Å². The zero-order valence-electron chi connectivity index (χ0n) is 6.63. The first-order chi connectivity index (χ1) is 5.02. The van der Waals surface area contributed by atoms with Crippen LogP contribution in [0.5, 0.6) is 0 Å². The van der Waals surface area contributed by atoms with Gasteiger partial charge < -0.3 is 5.73 Å². The Morgan fingerprint density at radius 2 is 2.67 bits per heavy atom. The van der Waals surface area contributed by atoms with Gasteiger partial charge in [0.15, 0.2) is 0 Å². The summed E-state index contributed by atoms with van der Waals surface area (Å²) >= 11 is 0. The Labute approximate surface area is 55.3 Å². The van der Waals surface area contributed by atoms with Crippen LogP contribution in [-0.2, 0) is 6.50 Å². The summed E-state index contributed by atoms with van der Waals surface area (Å²) < 4.78 is 26.6. The maximum absolute atomic E-state index is 12.7. The van der Waals surface area contributed by atoms with Gasteiger partial charge in [0.2, 0.25) is 0 Å². The molecule has 0 saturated heterocycles. The summed E-state index contributed by atoms with van der Waals surface area (Å²) in [7, 11) is 0. The summed E-state index contributed by atoms with van der Waals surface area (Å²) in [4.78, 5) is 3.47. The number of rotatable bonds is 1. The molecule has 0 fully saturated rings. The minimum Gasteiger partial charge on any atom is -0.325 e. The van der Waals surface area contributed by atoms with Crippen LogP contribution in [0.3, 0.4) is 0 Å². The Morgan fingerprint density at radius 1 is 1.89 bits per heavy atom. The third-order valence-electron chi connectivity index (χ3n) is 0.895. The number of hydrogen-bond acceptors (Lipinski definition) is 2. The molecule has 0 aliphatic rings. The summed E-state index contributed by atoms with van der Waals surface area (Å²) in [5, 5.41) is 0. The van der Waals surface area contributed by atoms with Crippen molar-refractivity contribution in [3.8, 4) is 0 Å². The lowest BCUT2D eigenvalue weighted by Crippen LogP contribution is -2.01. The van der Waals surface area contributed by atoms with E-state index >= 15 is 0 Å². The predicted molar refractivity (Wildman–Crippen MR) is 32.1 cm³/mol. The first-order valence-electron chi connectivity index (χ1n) is 3.41. The number of nitrogens with two attached hydrogens (primary N) is 1. The van der Waals surface area contributed by atoms with Crippen molar-refractivity contribution in [1.82, 2.24) is 4.98 Å². The molecule has 0 saturated carbocycles. The van der Waals surface area contributed by atoms with Crippen molar-refractivity contribution >= 4 is 0 Å². The fraction of sp³-hybridized carbons (Fsp3) is 0.167. The normalized spacial score (nSPS) is 14.4. The van der Waals surface area contributed by atoms with Gasteiger partial charge in [0.05, 0.1) is 5.69 Å². The predicted octanol–water partition coefficient (Wildman–Crippen LogP) is 0.679. The summed E-state index contributed by atoms with van der Waals surface area (Å²) in [6.07, 6.45) is 1.29. The molecule has 0 atom stereocenters. The third-order valence-corrected chi connectivity index (χ3v) is 0.895. The second kappa shape index (κ2) is 2.55. The summed E-state index contributed by atoms with van der Waals surface area (Å²) in [5.74, 6) is -0.722. The Hall–Kier alpha value is -0.960. The van der Waals surface area contributed by atoms with Crippen LogP contribution < -0.4 is 5.73 Å². The molecule has 3 heteroatoms. The largest absolute Gasteiger partial charge is 0.325 e.